The van der Waals surface area contributed by atoms with Crippen LogP contribution in [0.25, 0.3) is 11.1 Å². The number of ether oxygens (including phenoxy) is 2. The number of nitrogens with zero attached hydrogens (tertiary/aromatic N) is 2. The van der Waals surface area contributed by atoms with E-state index in [-0.39, 0.29) is 36.7 Å². The number of hydrogen-bond acceptors (Lipinski definition) is 8. The quantitative estimate of drug-likeness (QED) is 0.0864. The molecule has 0 spiro atoms. The number of nitrogens with one attached hydrogen (secondary N) is 2. The molecule has 10 nitrogen and oxygen atoms in total. The molecule has 1 amide bonds. The van der Waals surface area contributed by atoms with Gasteiger partial charge in [0.2, 0.25) is 15.9 Å². The summed E-state index contributed by atoms with van der Waals surface area (Å²) >= 11 is 0. The number of aromatic nitrogens is 1. The maximum absolute atomic E-state index is 13.7. The van der Waals surface area contributed by atoms with E-state index in [0.29, 0.717) is 6.42 Å². The highest BCUT2D eigenvalue weighted by molar-refractivity contribution is 7.89. The fourth-order valence-corrected chi connectivity index (χ4v) is 8.54. The van der Waals surface area contributed by atoms with Crippen molar-refractivity contribution in [2.75, 3.05) is 20.1 Å². The second-order valence-corrected chi connectivity index (χ2v) is 17.1. The molecule has 4 unspecified atom stereocenters. The molecule has 1 aliphatic rings. The highest BCUT2D eigenvalue weighted by Gasteiger charge is 2.33. The number of amides is 1. The molecule has 1 aromatic heterocycles. The zero-order valence-electron chi connectivity index (χ0n) is 34.0. The molecule has 60 heavy (non-hydrogen) atoms. The molecule has 2 heterocycles. The van der Waals surface area contributed by atoms with Crippen molar-refractivity contribution < 1.29 is 27.8 Å². The average molecular weight is 825 g/mol. The van der Waals surface area contributed by atoms with Gasteiger partial charge in [-0.2, -0.15) is 4.72 Å². The van der Waals surface area contributed by atoms with Crippen molar-refractivity contribution in [3.63, 3.8) is 0 Å². The second-order valence-electron chi connectivity index (χ2n) is 15.4. The summed E-state index contributed by atoms with van der Waals surface area (Å²) in [4.78, 5) is 20.5. The Balaban J connectivity index is 1.02. The Labute approximate surface area is 353 Å². The number of aryl methyl sites for hydroxylation is 1. The average Bonchev–Trinajstić information content (AvgIpc) is 3.28. The summed E-state index contributed by atoms with van der Waals surface area (Å²) in [5.74, 6) is -0.419. The smallest absolute Gasteiger partial charge is 0.241 e. The molecule has 1 fully saturated rings. The van der Waals surface area contributed by atoms with Crippen LogP contribution in [0.1, 0.15) is 57.9 Å². The van der Waals surface area contributed by atoms with Crippen LogP contribution in [0.4, 0.5) is 0 Å². The topological polar surface area (TPSA) is 130 Å². The van der Waals surface area contributed by atoms with Gasteiger partial charge in [-0.25, -0.2) is 8.42 Å². The van der Waals surface area contributed by atoms with Crippen molar-refractivity contribution >= 4 is 15.9 Å². The van der Waals surface area contributed by atoms with Crippen molar-refractivity contribution in [3.8, 4) is 11.1 Å². The lowest BCUT2D eigenvalue weighted by Gasteiger charge is -2.38. The van der Waals surface area contributed by atoms with Crippen molar-refractivity contribution in [2.45, 2.75) is 68.8 Å². The van der Waals surface area contributed by atoms with Gasteiger partial charge in [-0.1, -0.05) is 121 Å². The Morgan fingerprint density at radius 3 is 2.23 bits per heavy atom. The molecular formula is C49H52N4O6S. The fourth-order valence-electron chi connectivity index (χ4n) is 7.34. The van der Waals surface area contributed by atoms with E-state index >= 15 is 0 Å². The Kier molecular flexibility index (Phi) is 14.3. The monoisotopic (exact) mass is 824 g/mol. The molecule has 0 radical (unpaired) electrons. The highest BCUT2D eigenvalue weighted by atomic mass is 32.2. The van der Waals surface area contributed by atoms with Crippen molar-refractivity contribution in [1.29, 1.82) is 0 Å². The lowest BCUT2D eigenvalue weighted by Crippen LogP contribution is -2.47. The lowest BCUT2D eigenvalue weighted by molar-refractivity contribution is -0.252. The Bertz CT molecular complexity index is 2400. The predicted octanol–water partition coefficient (Wildman–Crippen LogP) is 7.48. The minimum Gasteiger partial charge on any atom is -0.392 e. The van der Waals surface area contributed by atoms with Crippen LogP contribution in [0.15, 0.2) is 157 Å². The fraction of sp³-hybridized carbons (Fsp3) is 0.265. The Morgan fingerprint density at radius 2 is 1.52 bits per heavy atom. The Hall–Kier alpha value is -5.53. The zero-order valence-corrected chi connectivity index (χ0v) is 34.8. The van der Waals surface area contributed by atoms with Gasteiger partial charge in [0.15, 0.2) is 6.29 Å². The number of carbonyl (C=O) groups is 1. The molecular weight excluding hydrogens is 773 g/mol. The first kappa shape index (κ1) is 42.6. The van der Waals surface area contributed by atoms with E-state index in [4.69, 9.17) is 9.47 Å². The summed E-state index contributed by atoms with van der Waals surface area (Å²) < 4.78 is 42.6. The number of aliphatic hydroxyl groups excluding tert-OH is 1. The van der Waals surface area contributed by atoms with Gasteiger partial charge in [-0.15, -0.1) is 0 Å². The van der Waals surface area contributed by atoms with Crippen molar-refractivity contribution in [2.24, 2.45) is 0 Å². The van der Waals surface area contributed by atoms with Crippen LogP contribution in [0.3, 0.4) is 0 Å². The third-order valence-corrected chi connectivity index (χ3v) is 12.2. The summed E-state index contributed by atoms with van der Waals surface area (Å²) in [5, 5.41) is 12.6. The van der Waals surface area contributed by atoms with Crippen molar-refractivity contribution in [3.05, 3.63) is 191 Å². The molecule has 6 aromatic rings. The third kappa shape index (κ3) is 11.6. The van der Waals surface area contributed by atoms with Crippen LogP contribution in [-0.4, -0.2) is 61.6 Å². The number of hydrogen-bond donors (Lipinski definition) is 3. The molecule has 1 aliphatic heterocycles. The zero-order chi connectivity index (χ0) is 41.9. The van der Waals surface area contributed by atoms with Crippen LogP contribution >= 0.6 is 0 Å². The van der Waals surface area contributed by atoms with Gasteiger partial charge in [0, 0.05) is 49.9 Å². The first-order valence-corrected chi connectivity index (χ1v) is 21.8. The van der Waals surface area contributed by atoms with Crippen LogP contribution < -0.4 is 10.0 Å². The lowest BCUT2D eigenvalue weighted by atomic mass is 9.99. The van der Waals surface area contributed by atoms with Crippen LogP contribution in [0.2, 0.25) is 0 Å². The van der Waals surface area contributed by atoms with E-state index in [9.17, 15) is 18.3 Å². The molecule has 4 atom stereocenters. The molecule has 0 bridgehead atoms. The third-order valence-electron chi connectivity index (χ3n) is 10.7. The van der Waals surface area contributed by atoms with Gasteiger partial charge in [0.25, 0.3) is 0 Å². The highest BCUT2D eigenvalue weighted by Crippen LogP contribution is 2.38. The number of rotatable bonds is 17. The number of pyridine rings is 1. The Morgan fingerprint density at radius 1 is 0.800 bits per heavy atom. The number of benzene rings is 5. The molecule has 5 aromatic carbocycles. The number of likely N-dealkylation sites (N-methyl/N-ethyl adjacent to an activating group) is 1. The molecule has 1 saturated heterocycles. The summed E-state index contributed by atoms with van der Waals surface area (Å²) in [5.41, 5.74) is 8.44. The van der Waals surface area contributed by atoms with Gasteiger partial charge in [-0.05, 0) is 84.1 Å². The summed E-state index contributed by atoms with van der Waals surface area (Å²) in [6.45, 7) is 3.66. The van der Waals surface area contributed by atoms with Crippen LogP contribution in [0, 0.1) is 6.92 Å². The number of carbonyl (C=O) groups excluding carboxylic acids is 1. The normalized spacial score (nSPS) is 17.3. The van der Waals surface area contributed by atoms with Gasteiger partial charge in [0.05, 0.1) is 23.7 Å². The van der Waals surface area contributed by atoms with E-state index in [1.165, 1.54) is 0 Å². The number of sulfonamides is 1. The van der Waals surface area contributed by atoms with E-state index in [2.05, 4.69) is 27.0 Å². The molecule has 3 N–H and O–H groups in total. The van der Waals surface area contributed by atoms with E-state index < -0.39 is 28.3 Å². The first-order valence-electron chi connectivity index (χ1n) is 20.3. The van der Waals surface area contributed by atoms with Gasteiger partial charge in [0.1, 0.15) is 6.04 Å². The molecule has 0 saturated carbocycles. The van der Waals surface area contributed by atoms with Gasteiger partial charge in [-0.3, -0.25) is 9.78 Å². The minimum absolute atomic E-state index is 0.0147. The van der Waals surface area contributed by atoms with E-state index in [0.717, 1.165) is 69.7 Å². The predicted molar refractivity (Wildman–Crippen MR) is 233 cm³/mol. The maximum Gasteiger partial charge on any atom is 0.241 e. The van der Waals surface area contributed by atoms with Crippen LogP contribution in [0.5, 0.6) is 0 Å². The van der Waals surface area contributed by atoms with Gasteiger partial charge >= 0.3 is 0 Å². The standard InChI is InChI=1S/C49H52N4O6S/c1-35-14-24-45(25-15-35)60(56,57)52-46(30-36-9-4-3-5-10-36)48(55)51-32-38-11-8-12-42(29-38)39-20-22-41(23-21-39)49-58-44(33-53(2)28-26-43-13-6-7-27-50-43)31-47(59-49)40-18-16-37(34-54)17-19-40/h3-25,27,29,44,46-47,49,52,54H,26,28,30-34H2,1-2H3,(H,51,55). The van der Waals surface area contributed by atoms with E-state index in [1.807, 2.05) is 134 Å². The largest absolute Gasteiger partial charge is 0.392 e. The summed E-state index contributed by atoms with van der Waals surface area (Å²) in [6.07, 6.45) is 2.69. The first-order chi connectivity index (χ1) is 29.1. The molecule has 310 valence electrons. The molecule has 11 heteroatoms. The molecule has 0 aliphatic carbocycles. The SMILES string of the molecule is Cc1ccc(S(=O)(=O)NC(Cc2ccccc2)C(=O)NCc2cccc(-c3ccc(C4OC(CN(C)CCc5ccccn5)CC(c5ccc(CO)cc5)O4)cc3)c2)cc1. The van der Waals surface area contributed by atoms with Crippen molar-refractivity contribution in [1.82, 2.24) is 19.9 Å². The van der Waals surface area contributed by atoms with Crippen LogP contribution in [-0.2, 0) is 50.3 Å². The van der Waals surface area contributed by atoms with E-state index in [1.54, 1.807) is 24.3 Å². The maximum atomic E-state index is 13.7. The van der Waals surface area contributed by atoms with Gasteiger partial charge < -0.3 is 24.8 Å². The minimum atomic E-state index is -3.96. The summed E-state index contributed by atoms with van der Waals surface area (Å²) in [6, 6.07) is 44.9. The second kappa shape index (κ2) is 20.2. The number of aliphatic hydroxyl groups is 1. The molecule has 7 rings (SSSR count). The summed E-state index contributed by atoms with van der Waals surface area (Å²) in [7, 11) is -1.86.